The molecule has 3 rings (SSSR count). The predicted molar refractivity (Wildman–Crippen MR) is 94.6 cm³/mol. The lowest BCUT2D eigenvalue weighted by Crippen LogP contribution is -2.38. The Kier molecular flexibility index (Phi) is 5.71. The Balaban J connectivity index is 1.40. The van der Waals surface area contributed by atoms with Gasteiger partial charge in [-0.25, -0.2) is 4.98 Å². The van der Waals surface area contributed by atoms with E-state index >= 15 is 0 Å². The number of nitrogens with one attached hydrogen (secondary N) is 1. The molecular formula is C17H26N4O2S. The van der Waals surface area contributed by atoms with Gasteiger partial charge in [-0.05, 0) is 25.2 Å². The number of amides is 2. The number of hydrogen-bond donors (Lipinski definition) is 2. The molecule has 2 aliphatic rings. The van der Waals surface area contributed by atoms with Crippen LogP contribution in [-0.2, 0) is 16.0 Å². The van der Waals surface area contributed by atoms with Gasteiger partial charge in [0.25, 0.3) is 0 Å². The van der Waals surface area contributed by atoms with Crippen molar-refractivity contribution in [3.63, 3.8) is 0 Å². The van der Waals surface area contributed by atoms with Gasteiger partial charge in [0.2, 0.25) is 11.8 Å². The molecule has 2 fully saturated rings. The van der Waals surface area contributed by atoms with Gasteiger partial charge in [-0.2, -0.15) is 0 Å². The maximum Gasteiger partial charge on any atom is 0.224 e. The minimum atomic E-state index is -0.0471. The molecule has 0 aromatic carbocycles. The number of likely N-dealkylation sites (tertiary alicyclic amines) is 1. The van der Waals surface area contributed by atoms with Crippen LogP contribution in [0.1, 0.15) is 50.6 Å². The highest BCUT2D eigenvalue weighted by Gasteiger charge is 2.32. The second-order valence-electron chi connectivity index (χ2n) is 6.95. The number of thiazole rings is 1. The minimum Gasteiger partial charge on any atom is -0.375 e. The fraction of sp³-hybridized carbons (Fsp3) is 0.706. The number of carbonyl (C=O) groups is 2. The zero-order chi connectivity index (χ0) is 16.9. The molecule has 0 bridgehead atoms. The molecule has 24 heavy (non-hydrogen) atoms. The molecular weight excluding hydrogens is 324 g/mol. The number of aryl methyl sites for hydroxylation is 1. The Labute approximate surface area is 146 Å². The predicted octanol–water partition coefficient (Wildman–Crippen LogP) is 1.96. The quantitative estimate of drug-likeness (QED) is 0.821. The third-order valence-electron chi connectivity index (χ3n) is 4.96. The summed E-state index contributed by atoms with van der Waals surface area (Å²) in [5.74, 6) is 0.810. The van der Waals surface area contributed by atoms with E-state index in [0.29, 0.717) is 36.9 Å². The van der Waals surface area contributed by atoms with Crippen molar-refractivity contribution in [2.75, 3.05) is 18.8 Å². The SMILES string of the molecule is Nc1nc(CCC(=O)N[C@H]2CC(=O)N(CC3CCCCC3)C2)cs1. The first-order chi connectivity index (χ1) is 11.6. The summed E-state index contributed by atoms with van der Waals surface area (Å²) in [4.78, 5) is 30.4. The Hall–Kier alpha value is -1.63. The summed E-state index contributed by atoms with van der Waals surface area (Å²) in [5, 5.41) is 5.41. The lowest BCUT2D eigenvalue weighted by atomic mass is 9.89. The number of nitrogens with two attached hydrogens (primary N) is 1. The van der Waals surface area contributed by atoms with Crippen molar-refractivity contribution in [3.8, 4) is 0 Å². The monoisotopic (exact) mass is 350 g/mol. The van der Waals surface area contributed by atoms with Crippen LogP contribution >= 0.6 is 11.3 Å². The Morgan fingerprint density at radius 3 is 2.88 bits per heavy atom. The molecule has 1 atom stereocenters. The van der Waals surface area contributed by atoms with Crippen molar-refractivity contribution in [3.05, 3.63) is 11.1 Å². The van der Waals surface area contributed by atoms with E-state index in [1.807, 2.05) is 10.3 Å². The van der Waals surface area contributed by atoms with Gasteiger partial charge < -0.3 is 16.0 Å². The standard InChI is InChI=1S/C17H26N4O2S/c18-17-20-13(11-24-17)6-7-15(22)19-14-8-16(23)21(10-14)9-12-4-2-1-3-5-12/h11-12,14H,1-10H2,(H2,18,20)(H,19,22)/t14-/m0/s1. The summed E-state index contributed by atoms with van der Waals surface area (Å²) in [6.07, 6.45) is 7.77. The molecule has 1 aromatic rings. The van der Waals surface area contributed by atoms with E-state index < -0.39 is 0 Å². The molecule has 1 saturated carbocycles. The fourth-order valence-corrected chi connectivity index (χ4v) is 4.30. The van der Waals surface area contributed by atoms with Crippen LogP contribution in [-0.4, -0.2) is 40.8 Å². The Morgan fingerprint density at radius 1 is 1.38 bits per heavy atom. The van der Waals surface area contributed by atoms with Crippen LogP contribution in [0.4, 0.5) is 5.13 Å². The van der Waals surface area contributed by atoms with Crippen LogP contribution in [0.2, 0.25) is 0 Å². The van der Waals surface area contributed by atoms with Crippen molar-refractivity contribution in [1.82, 2.24) is 15.2 Å². The number of nitrogens with zero attached hydrogens (tertiary/aromatic N) is 2. The first kappa shape index (κ1) is 17.2. The summed E-state index contributed by atoms with van der Waals surface area (Å²) in [5.41, 5.74) is 6.44. The van der Waals surface area contributed by atoms with E-state index in [0.717, 1.165) is 12.2 Å². The second kappa shape index (κ2) is 7.96. The Bertz CT molecular complexity index is 583. The molecule has 1 aromatic heterocycles. The van der Waals surface area contributed by atoms with Crippen LogP contribution < -0.4 is 11.1 Å². The lowest BCUT2D eigenvalue weighted by molar-refractivity contribution is -0.128. The van der Waals surface area contributed by atoms with E-state index in [4.69, 9.17) is 5.73 Å². The molecule has 0 unspecified atom stereocenters. The van der Waals surface area contributed by atoms with Gasteiger partial charge in [-0.3, -0.25) is 9.59 Å². The number of carbonyl (C=O) groups excluding carboxylic acids is 2. The van der Waals surface area contributed by atoms with E-state index in [1.165, 1.54) is 43.4 Å². The third-order valence-corrected chi connectivity index (χ3v) is 5.68. The second-order valence-corrected chi connectivity index (χ2v) is 7.84. The van der Waals surface area contributed by atoms with Gasteiger partial charge in [0, 0.05) is 31.3 Å². The zero-order valence-electron chi connectivity index (χ0n) is 14.0. The molecule has 1 saturated heterocycles. The molecule has 2 amide bonds. The first-order valence-electron chi connectivity index (χ1n) is 8.87. The smallest absolute Gasteiger partial charge is 0.224 e. The summed E-state index contributed by atoms with van der Waals surface area (Å²) in [7, 11) is 0. The Morgan fingerprint density at radius 2 is 2.17 bits per heavy atom. The van der Waals surface area contributed by atoms with Crippen molar-refractivity contribution >= 4 is 28.3 Å². The molecule has 1 aliphatic carbocycles. The minimum absolute atomic E-state index is 0.0149. The van der Waals surface area contributed by atoms with Gasteiger partial charge in [0.1, 0.15) is 0 Å². The maximum absolute atomic E-state index is 12.2. The van der Waals surface area contributed by atoms with E-state index in [2.05, 4.69) is 10.3 Å². The summed E-state index contributed by atoms with van der Waals surface area (Å²) in [6, 6.07) is -0.0471. The molecule has 3 N–H and O–H groups in total. The van der Waals surface area contributed by atoms with E-state index in [1.54, 1.807) is 0 Å². The first-order valence-corrected chi connectivity index (χ1v) is 9.75. The highest BCUT2D eigenvalue weighted by molar-refractivity contribution is 7.13. The maximum atomic E-state index is 12.2. The molecule has 7 heteroatoms. The summed E-state index contributed by atoms with van der Waals surface area (Å²) in [6.45, 7) is 1.52. The number of hydrogen-bond acceptors (Lipinski definition) is 5. The van der Waals surface area contributed by atoms with Gasteiger partial charge in [0.05, 0.1) is 11.7 Å². The number of nitrogen functional groups attached to an aromatic ring is 1. The summed E-state index contributed by atoms with van der Waals surface area (Å²) >= 11 is 1.39. The van der Waals surface area contributed by atoms with Crippen LogP contribution in [0.5, 0.6) is 0 Å². The molecule has 6 nitrogen and oxygen atoms in total. The van der Waals surface area contributed by atoms with E-state index in [-0.39, 0.29) is 17.9 Å². The van der Waals surface area contributed by atoms with Gasteiger partial charge >= 0.3 is 0 Å². The topological polar surface area (TPSA) is 88.3 Å². The van der Waals surface area contributed by atoms with Crippen LogP contribution in [0.25, 0.3) is 0 Å². The van der Waals surface area contributed by atoms with Crippen molar-refractivity contribution in [1.29, 1.82) is 0 Å². The molecule has 2 heterocycles. The van der Waals surface area contributed by atoms with E-state index in [9.17, 15) is 9.59 Å². The zero-order valence-corrected chi connectivity index (χ0v) is 14.8. The number of rotatable bonds is 6. The van der Waals surface area contributed by atoms with Gasteiger partial charge in [0.15, 0.2) is 5.13 Å². The van der Waals surface area contributed by atoms with Crippen molar-refractivity contribution < 1.29 is 9.59 Å². The van der Waals surface area contributed by atoms with Crippen molar-refractivity contribution in [2.24, 2.45) is 5.92 Å². The van der Waals surface area contributed by atoms with Crippen molar-refractivity contribution in [2.45, 2.75) is 57.4 Å². The molecule has 1 aliphatic heterocycles. The average Bonchev–Trinajstić information content (AvgIpc) is 3.12. The third kappa shape index (κ3) is 4.69. The van der Waals surface area contributed by atoms with Crippen LogP contribution in [0, 0.1) is 5.92 Å². The molecule has 132 valence electrons. The summed E-state index contributed by atoms with van der Waals surface area (Å²) < 4.78 is 0. The fourth-order valence-electron chi connectivity index (χ4n) is 3.71. The normalized spacial score (nSPS) is 22.1. The van der Waals surface area contributed by atoms with Gasteiger partial charge in [-0.15, -0.1) is 11.3 Å². The van der Waals surface area contributed by atoms with Crippen LogP contribution in [0.15, 0.2) is 5.38 Å². The highest BCUT2D eigenvalue weighted by Crippen LogP contribution is 2.26. The lowest BCUT2D eigenvalue weighted by Gasteiger charge is -2.27. The van der Waals surface area contributed by atoms with Gasteiger partial charge in [-0.1, -0.05) is 19.3 Å². The highest BCUT2D eigenvalue weighted by atomic mass is 32.1. The van der Waals surface area contributed by atoms with Crippen LogP contribution in [0.3, 0.4) is 0 Å². The number of anilines is 1. The largest absolute Gasteiger partial charge is 0.375 e. The molecule has 0 spiro atoms. The number of aromatic nitrogens is 1. The average molecular weight is 350 g/mol. The molecule has 0 radical (unpaired) electrons.